The Kier molecular flexibility index (Phi) is 1.57. The molecule has 0 unspecified atom stereocenters. The van der Waals surface area contributed by atoms with E-state index in [1.165, 1.54) is 5.06 Å². The molecular formula is C8H12N6O. The molecule has 0 fully saturated rings. The normalized spacial score (nSPS) is 16.2. The smallest absolute Gasteiger partial charge is 0.213 e. The lowest BCUT2D eigenvalue weighted by molar-refractivity contribution is -0.0984. The maximum atomic E-state index is 9.34. The van der Waals surface area contributed by atoms with Crippen LogP contribution in [0.1, 0.15) is 11.4 Å². The third-order valence-corrected chi connectivity index (χ3v) is 2.78. The van der Waals surface area contributed by atoms with E-state index in [1.54, 1.807) is 0 Å². The molecule has 1 aliphatic rings. The fourth-order valence-corrected chi connectivity index (χ4v) is 1.91. The van der Waals surface area contributed by atoms with Crippen LogP contribution in [-0.4, -0.2) is 34.8 Å². The molecular weight excluding hydrogens is 196 g/mol. The van der Waals surface area contributed by atoms with E-state index in [4.69, 9.17) is 0 Å². The van der Waals surface area contributed by atoms with Crippen molar-refractivity contribution in [2.45, 2.75) is 13.1 Å². The molecule has 3 rings (SSSR count). The van der Waals surface area contributed by atoms with Crippen molar-refractivity contribution >= 4 is 0 Å². The molecule has 2 aromatic heterocycles. The maximum Gasteiger partial charge on any atom is 0.213 e. The first-order valence-corrected chi connectivity index (χ1v) is 4.72. The summed E-state index contributed by atoms with van der Waals surface area (Å²) in [6.07, 6.45) is 0. The van der Waals surface area contributed by atoms with Gasteiger partial charge in [0.25, 0.3) is 0 Å². The Morgan fingerprint density at radius 2 is 2.07 bits per heavy atom. The Morgan fingerprint density at radius 1 is 1.27 bits per heavy atom. The van der Waals surface area contributed by atoms with Crippen LogP contribution in [0.25, 0.3) is 11.6 Å². The molecule has 1 aliphatic heterocycles. The second-order valence-electron chi connectivity index (χ2n) is 3.80. The molecule has 2 N–H and O–H groups in total. The van der Waals surface area contributed by atoms with Crippen LogP contribution in [0.15, 0.2) is 0 Å². The molecule has 15 heavy (non-hydrogen) atoms. The van der Waals surface area contributed by atoms with Crippen molar-refractivity contribution in [2.24, 2.45) is 14.1 Å². The first-order valence-electron chi connectivity index (χ1n) is 4.72. The second-order valence-corrected chi connectivity index (χ2v) is 3.80. The highest BCUT2D eigenvalue weighted by Gasteiger charge is 2.26. The lowest BCUT2D eigenvalue weighted by atomic mass is 10.4. The highest BCUT2D eigenvalue weighted by Crippen LogP contribution is 2.25. The molecule has 0 atom stereocenters. The molecule has 0 spiro atoms. The topological polar surface area (TPSA) is 74.9 Å². The number of hydrogen-bond donors (Lipinski definition) is 2. The summed E-state index contributed by atoms with van der Waals surface area (Å²) in [5, 5.41) is 17.4. The van der Waals surface area contributed by atoms with E-state index < -0.39 is 0 Å². The molecule has 80 valence electrons. The van der Waals surface area contributed by atoms with Gasteiger partial charge in [-0.15, -0.1) is 5.10 Å². The number of imidazole rings is 1. The second kappa shape index (κ2) is 2.71. The van der Waals surface area contributed by atoms with Crippen molar-refractivity contribution in [3.8, 4) is 11.6 Å². The summed E-state index contributed by atoms with van der Waals surface area (Å²) in [6, 6.07) is 0. The van der Waals surface area contributed by atoms with E-state index in [2.05, 4.69) is 15.3 Å². The summed E-state index contributed by atoms with van der Waals surface area (Å²) >= 11 is 0. The molecule has 0 amide bonds. The van der Waals surface area contributed by atoms with Gasteiger partial charge in [-0.3, -0.25) is 4.68 Å². The van der Waals surface area contributed by atoms with E-state index in [-0.39, 0.29) is 0 Å². The van der Waals surface area contributed by atoms with Gasteiger partial charge in [0.2, 0.25) is 5.82 Å². The zero-order valence-corrected chi connectivity index (χ0v) is 8.60. The Balaban J connectivity index is 2.08. The molecule has 0 radical (unpaired) electrons. The Labute approximate surface area is 85.9 Å². The molecule has 0 bridgehead atoms. The minimum Gasteiger partial charge on any atom is -0.327 e. The molecule has 0 saturated heterocycles. The Hall–Kier alpha value is -1.60. The van der Waals surface area contributed by atoms with Crippen molar-refractivity contribution in [1.29, 1.82) is 0 Å². The lowest BCUT2D eigenvalue weighted by Crippen LogP contribution is -2.17. The zero-order valence-electron chi connectivity index (χ0n) is 8.60. The van der Waals surface area contributed by atoms with Crippen LogP contribution >= 0.6 is 0 Å². The number of hydroxylamine groups is 2. The number of hydrogen-bond acceptors (Lipinski definition) is 4. The van der Waals surface area contributed by atoms with E-state index in [0.717, 1.165) is 23.0 Å². The van der Waals surface area contributed by atoms with Crippen LogP contribution in [0.4, 0.5) is 0 Å². The number of aromatic amines is 1. The Morgan fingerprint density at radius 3 is 2.60 bits per heavy atom. The van der Waals surface area contributed by atoms with E-state index in [0.29, 0.717) is 13.1 Å². The third-order valence-electron chi connectivity index (χ3n) is 2.78. The number of H-pyrrole nitrogens is 1. The average molecular weight is 208 g/mol. The maximum absolute atomic E-state index is 9.34. The zero-order chi connectivity index (χ0) is 10.6. The summed E-state index contributed by atoms with van der Waals surface area (Å²) in [4.78, 5) is 4.46. The van der Waals surface area contributed by atoms with Crippen LogP contribution in [-0.2, 0) is 27.2 Å². The number of aromatic nitrogens is 5. The SMILES string of the molecule is Cn1[nH]nc1-c1nc2c(n1C)CN(O)C2. The van der Waals surface area contributed by atoms with E-state index >= 15 is 0 Å². The predicted molar refractivity (Wildman–Crippen MR) is 50.8 cm³/mol. The number of nitrogens with one attached hydrogen (secondary N) is 1. The number of nitrogens with zero attached hydrogens (tertiary/aromatic N) is 5. The van der Waals surface area contributed by atoms with Gasteiger partial charge in [-0.05, 0) is 0 Å². The van der Waals surface area contributed by atoms with Crippen molar-refractivity contribution in [3.63, 3.8) is 0 Å². The molecule has 3 heterocycles. The summed E-state index contributed by atoms with van der Waals surface area (Å²) in [5.74, 6) is 1.67. The Bertz CT molecular complexity index is 507. The fraction of sp³-hybridized carbons (Fsp3) is 0.500. The molecule has 7 nitrogen and oxygen atoms in total. The van der Waals surface area contributed by atoms with Crippen LogP contribution in [0.5, 0.6) is 0 Å². The molecule has 0 saturated carbocycles. The number of rotatable bonds is 1. The van der Waals surface area contributed by atoms with Crippen LogP contribution in [0, 0.1) is 0 Å². The molecule has 0 aromatic carbocycles. The average Bonchev–Trinajstić information content (AvgIpc) is 2.65. The highest BCUT2D eigenvalue weighted by molar-refractivity contribution is 5.47. The summed E-state index contributed by atoms with van der Waals surface area (Å²) in [6.45, 7) is 1.02. The quantitative estimate of drug-likeness (QED) is 0.683. The molecule has 2 aromatic rings. The highest BCUT2D eigenvalue weighted by atomic mass is 16.5. The van der Waals surface area contributed by atoms with Gasteiger partial charge in [-0.2, -0.15) is 5.06 Å². The third kappa shape index (κ3) is 1.07. The van der Waals surface area contributed by atoms with Gasteiger partial charge in [-0.1, -0.05) is 0 Å². The van der Waals surface area contributed by atoms with Gasteiger partial charge in [-0.25, -0.2) is 10.2 Å². The minimum atomic E-state index is 0.494. The van der Waals surface area contributed by atoms with Gasteiger partial charge in [0.15, 0.2) is 5.82 Å². The first kappa shape index (κ1) is 8.69. The largest absolute Gasteiger partial charge is 0.327 e. The number of fused-ring (bicyclic) bond motifs is 1. The van der Waals surface area contributed by atoms with Gasteiger partial charge in [0.1, 0.15) is 0 Å². The summed E-state index contributed by atoms with van der Waals surface area (Å²) in [5.41, 5.74) is 1.98. The minimum absolute atomic E-state index is 0.494. The number of aryl methyl sites for hydroxylation is 1. The van der Waals surface area contributed by atoms with Gasteiger partial charge < -0.3 is 9.77 Å². The fourth-order valence-electron chi connectivity index (χ4n) is 1.91. The van der Waals surface area contributed by atoms with Gasteiger partial charge in [0, 0.05) is 14.1 Å². The lowest BCUT2D eigenvalue weighted by Gasteiger charge is -2.12. The van der Waals surface area contributed by atoms with Gasteiger partial charge >= 0.3 is 0 Å². The monoisotopic (exact) mass is 208 g/mol. The summed E-state index contributed by atoms with van der Waals surface area (Å²) in [7, 11) is 3.83. The molecule has 0 aliphatic carbocycles. The van der Waals surface area contributed by atoms with E-state index in [1.807, 2.05) is 23.3 Å². The summed E-state index contributed by atoms with van der Waals surface area (Å²) < 4.78 is 3.79. The standard InChI is InChI=1S/C8H12N6O/c1-12-6-4-14(15)3-5(6)9-7(12)8-10-11-13(8)2/h11,15H,3-4H2,1-2H3. The van der Waals surface area contributed by atoms with Crippen molar-refractivity contribution < 1.29 is 5.21 Å². The van der Waals surface area contributed by atoms with Gasteiger partial charge in [0.05, 0.1) is 24.5 Å². The first-order chi connectivity index (χ1) is 7.16. The predicted octanol–water partition coefficient (Wildman–Crippen LogP) is -0.147. The van der Waals surface area contributed by atoms with Crippen LogP contribution in [0.2, 0.25) is 0 Å². The molecule has 7 heteroatoms. The van der Waals surface area contributed by atoms with Crippen molar-refractivity contribution in [2.75, 3.05) is 0 Å². The van der Waals surface area contributed by atoms with Crippen LogP contribution < -0.4 is 0 Å². The van der Waals surface area contributed by atoms with E-state index in [9.17, 15) is 5.21 Å². The van der Waals surface area contributed by atoms with Crippen molar-refractivity contribution in [1.82, 2.24) is 29.6 Å². The van der Waals surface area contributed by atoms with Crippen LogP contribution in [0.3, 0.4) is 0 Å². The van der Waals surface area contributed by atoms with Crippen molar-refractivity contribution in [3.05, 3.63) is 11.4 Å².